The molecule has 8 heteroatoms. The number of nitrogens with one attached hydrogen (secondary N) is 2. The topological polar surface area (TPSA) is 92.2 Å². The summed E-state index contributed by atoms with van der Waals surface area (Å²) in [6.45, 7) is 9.12. The highest BCUT2D eigenvalue weighted by atomic mass is 32.1. The highest BCUT2D eigenvalue weighted by Crippen LogP contribution is 2.31. The number of rotatable bonds is 7. The van der Waals surface area contributed by atoms with Crippen molar-refractivity contribution in [2.75, 3.05) is 11.9 Å². The third-order valence-corrected chi connectivity index (χ3v) is 5.19. The van der Waals surface area contributed by atoms with E-state index in [1.165, 1.54) is 0 Å². The maximum Gasteiger partial charge on any atom is 0.226 e. The number of hydrogen-bond donors (Lipinski definition) is 3. The number of ether oxygens (including phenoxy) is 1. The van der Waals surface area contributed by atoms with Crippen molar-refractivity contribution in [2.45, 2.75) is 46.1 Å². The number of aromatic amines is 1. The minimum absolute atomic E-state index is 0.0383. The van der Waals surface area contributed by atoms with Crippen molar-refractivity contribution in [3.8, 4) is 22.9 Å². The molecule has 0 saturated carbocycles. The molecule has 0 spiro atoms. The van der Waals surface area contributed by atoms with Gasteiger partial charge in [0.2, 0.25) is 5.91 Å². The number of aromatic hydroxyl groups is 1. The van der Waals surface area contributed by atoms with Gasteiger partial charge in [-0.25, -0.2) is 0 Å². The maximum atomic E-state index is 12.6. The number of phenolic OH excluding ortho intramolecular Hbond substituents is 1. The number of phenols is 1. The summed E-state index contributed by atoms with van der Waals surface area (Å²) in [5.74, 6) is 1.25. The smallest absolute Gasteiger partial charge is 0.226 e. The summed E-state index contributed by atoms with van der Waals surface area (Å²) in [5, 5.41) is 20.0. The molecule has 0 bridgehead atoms. The Labute approximate surface area is 187 Å². The Bertz CT molecular complexity index is 1110. The van der Waals surface area contributed by atoms with Crippen LogP contribution in [-0.4, -0.2) is 32.4 Å². The number of H-pyrrole nitrogens is 1. The van der Waals surface area contributed by atoms with Gasteiger partial charge in [-0.2, -0.15) is 5.10 Å². The quantitative estimate of drug-likeness (QED) is 0.354. The number of benzene rings is 2. The van der Waals surface area contributed by atoms with Gasteiger partial charge in [-0.15, -0.1) is 0 Å². The van der Waals surface area contributed by atoms with E-state index in [2.05, 4.69) is 36.3 Å². The third-order valence-electron chi connectivity index (χ3n) is 4.88. The van der Waals surface area contributed by atoms with Gasteiger partial charge < -0.3 is 15.2 Å². The fourth-order valence-electron chi connectivity index (χ4n) is 3.14. The van der Waals surface area contributed by atoms with Crippen LogP contribution in [0.2, 0.25) is 0 Å². The molecule has 0 unspecified atom stereocenters. The second kappa shape index (κ2) is 9.34. The van der Waals surface area contributed by atoms with Crippen molar-refractivity contribution in [2.24, 2.45) is 0 Å². The van der Waals surface area contributed by atoms with Crippen molar-refractivity contribution < 1.29 is 14.6 Å². The first kappa shape index (κ1) is 22.6. The molecule has 0 aliphatic heterocycles. The lowest BCUT2D eigenvalue weighted by Crippen LogP contribution is -2.16. The first-order valence-electron chi connectivity index (χ1n) is 10.2. The summed E-state index contributed by atoms with van der Waals surface area (Å²) in [5.41, 5.74) is 2.20. The summed E-state index contributed by atoms with van der Waals surface area (Å²) < 4.78 is 7.70. The zero-order valence-electron chi connectivity index (χ0n) is 18.2. The Morgan fingerprint density at radius 3 is 2.58 bits per heavy atom. The van der Waals surface area contributed by atoms with E-state index in [0.717, 1.165) is 16.9 Å². The summed E-state index contributed by atoms with van der Waals surface area (Å²) in [6.07, 6.45) is 0.178. The molecule has 164 valence electrons. The number of anilines is 1. The molecule has 0 saturated heterocycles. The normalized spacial score (nSPS) is 11.4. The van der Waals surface area contributed by atoms with Crippen molar-refractivity contribution in [1.82, 2.24) is 14.8 Å². The van der Waals surface area contributed by atoms with Crippen molar-refractivity contribution >= 4 is 23.8 Å². The van der Waals surface area contributed by atoms with Crippen molar-refractivity contribution in [3.63, 3.8) is 0 Å². The van der Waals surface area contributed by atoms with Gasteiger partial charge in [0.25, 0.3) is 0 Å². The standard InChI is InChI=1S/C23H28N4O3S/c1-5-30-17-9-6-15(7-10-17)21-25-26-22(31)27(21)13-12-20(29)24-18-14-16(23(2,3)4)8-11-19(18)28/h6-11,14,28H,5,12-13H2,1-4H3,(H,24,29)(H,26,31). The van der Waals surface area contributed by atoms with Gasteiger partial charge in [0, 0.05) is 18.5 Å². The Morgan fingerprint density at radius 2 is 1.94 bits per heavy atom. The fraction of sp³-hybridized carbons (Fsp3) is 0.348. The molecule has 0 fully saturated rings. The number of carbonyl (C=O) groups excluding carboxylic acids is 1. The highest BCUT2D eigenvalue weighted by Gasteiger charge is 2.17. The molecule has 31 heavy (non-hydrogen) atoms. The number of hydrogen-bond acceptors (Lipinski definition) is 5. The SMILES string of the molecule is CCOc1ccc(-c2n[nH]c(=S)n2CCC(=O)Nc2cc(C(C)(C)C)ccc2O)cc1. The van der Waals surface area contributed by atoms with Crippen LogP contribution in [0.3, 0.4) is 0 Å². The summed E-state index contributed by atoms with van der Waals surface area (Å²) in [6, 6.07) is 12.8. The molecule has 3 aromatic rings. The van der Waals surface area contributed by atoms with Crippen molar-refractivity contribution in [3.05, 3.63) is 52.8 Å². The number of amides is 1. The van der Waals surface area contributed by atoms with E-state index >= 15 is 0 Å². The predicted octanol–water partition coefficient (Wildman–Crippen LogP) is 5.04. The lowest BCUT2D eigenvalue weighted by atomic mass is 9.87. The first-order chi connectivity index (χ1) is 14.7. The molecule has 0 atom stereocenters. The van der Waals surface area contributed by atoms with Crippen molar-refractivity contribution in [1.29, 1.82) is 0 Å². The van der Waals surface area contributed by atoms with Gasteiger partial charge >= 0.3 is 0 Å². The molecule has 2 aromatic carbocycles. The largest absolute Gasteiger partial charge is 0.506 e. The average molecular weight is 441 g/mol. The Hall–Kier alpha value is -3.13. The fourth-order valence-corrected chi connectivity index (χ4v) is 3.36. The van der Waals surface area contributed by atoms with Gasteiger partial charge in [-0.3, -0.25) is 14.5 Å². The van der Waals surface area contributed by atoms with Gasteiger partial charge in [-0.05, 0) is 66.5 Å². The van der Waals surface area contributed by atoms with Crippen LogP contribution in [0.4, 0.5) is 5.69 Å². The van der Waals surface area contributed by atoms with Gasteiger partial charge in [0.05, 0.1) is 12.3 Å². The minimum Gasteiger partial charge on any atom is -0.506 e. The molecule has 0 aliphatic carbocycles. The second-order valence-corrected chi connectivity index (χ2v) is 8.63. The van der Waals surface area contributed by atoms with Crippen LogP contribution in [0.25, 0.3) is 11.4 Å². The molecule has 1 amide bonds. The van der Waals surface area contributed by atoms with Crippen LogP contribution < -0.4 is 10.1 Å². The molecule has 7 nitrogen and oxygen atoms in total. The van der Waals surface area contributed by atoms with E-state index in [0.29, 0.717) is 29.4 Å². The van der Waals surface area contributed by atoms with Crippen LogP contribution in [0.1, 0.15) is 39.7 Å². The Kier molecular flexibility index (Phi) is 6.80. The molecule has 0 aliphatic rings. The van der Waals surface area contributed by atoms with E-state index < -0.39 is 0 Å². The molecule has 3 N–H and O–H groups in total. The van der Waals surface area contributed by atoms with Crippen LogP contribution in [0, 0.1) is 4.77 Å². The molecule has 1 aromatic heterocycles. The van der Waals surface area contributed by atoms with E-state index in [1.807, 2.05) is 43.3 Å². The molecule has 1 heterocycles. The van der Waals surface area contributed by atoms with Gasteiger partial charge in [0.15, 0.2) is 10.6 Å². The average Bonchev–Trinajstić information content (AvgIpc) is 3.08. The van der Waals surface area contributed by atoms with Crippen LogP contribution in [-0.2, 0) is 16.8 Å². The molecular formula is C23H28N4O3S. The zero-order valence-corrected chi connectivity index (χ0v) is 19.0. The summed E-state index contributed by atoms with van der Waals surface area (Å²) in [7, 11) is 0. The lowest BCUT2D eigenvalue weighted by Gasteiger charge is -2.20. The monoisotopic (exact) mass is 440 g/mol. The highest BCUT2D eigenvalue weighted by molar-refractivity contribution is 7.71. The maximum absolute atomic E-state index is 12.6. The van der Waals surface area contributed by atoms with E-state index in [9.17, 15) is 9.90 Å². The van der Waals surface area contributed by atoms with Crippen LogP contribution in [0.5, 0.6) is 11.5 Å². The summed E-state index contributed by atoms with van der Waals surface area (Å²) in [4.78, 5) is 12.6. The summed E-state index contributed by atoms with van der Waals surface area (Å²) >= 11 is 5.35. The Morgan fingerprint density at radius 1 is 1.23 bits per heavy atom. The molecule has 3 rings (SSSR count). The van der Waals surface area contributed by atoms with E-state index in [-0.39, 0.29) is 23.5 Å². The van der Waals surface area contributed by atoms with Gasteiger partial charge in [0.1, 0.15) is 11.5 Å². The molecular weight excluding hydrogens is 412 g/mol. The van der Waals surface area contributed by atoms with Crippen LogP contribution >= 0.6 is 12.2 Å². The first-order valence-corrected chi connectivity index (χ1v) is 10.6. The van der Waals surface area contributed by atoms with E-state index in [1.54, 1.807) is 10.6 Å². The number of aromatic nitrogens is 3. The number of nitrogens with zero attached hydrogens (tertiary/aromatic N) is 2. The molecule has 0 radical (unpaired) electrons. The van der Waals surface area contributed by atoms with E-state index in [4.69, 9.17) is 17.0 Å². The lowest BCUT2D eigenvalue weighted by molar-refractivity contribution is -0.116. The van der Waals surface area contributed by atoms with Crippen LogP contribution in [0.15, 0.2) is 42.5 Å². The second-order valence-electron chi connectivity index (χ2n) is 8.24. The third kappa shape index (κ3) is 5.52. The minimum atomic E-state index is -0.220. The van der Waals surface area contributed by atoms with Gasteiger partial charge in [-0.1, -0.05) is 26.8 Å². The Balaban J connectivity index is 1.72. The zero-order chi connectivity index (χ0) is 22.6. The number of carbonyl (C=O) groups is 1. The predicted molar refractivity (Wildman–Crippen MR) is 124 cm³/mol.